The maximum atomic E-state index is 12.3. The number of carbonyl (C=O) groups is 1. The molecule has 0 aliphatic rings. The van der Waals surface area contributed by atoms with E-state index in [1.165, 1.54) is 12.1 Å². The van der Waals surface area contributed by atoms with E-state index in [0.29, 0.717) is 5.65 Å². The van der Waals surface area contributed by atoms with E-state index < -0.39 is 31.6 Å². The van der Waals surface area contributed by atoms with Crippen LogP contribution in [0.1, 0.15) is 12.1 Å². The minimum Gasteiger partial charge on any atom is -0.449 e. The van der Waals surface area contributed by atoms with Gasteiger partial charge in [0.1, 0.15) is 5.82 Å². The molecule has 0 aliphatic heterocycles. The van der Waals surface area contributed by atoms with Gasteiger partial charge in [-0.2, -0.15) is 0 Å². The highest BCUT2D eigenvalue weighted by molar-refractivity contribution is 7.89. The van der Waals surface area contributed by atoms with Gasteiger partial charge in [-0.1, -0.05) is 12.1 Å². The molecule has 162 valence electrons. The molecular formula is C19H19N5O6S. The predicted molar refractivity (Wildman–Crippen MR) is 112 cm³/mol. The van der Waals surface area contributed by atoms with Crippen molar-refractivity contribution in [2.24, 2.45) is 0 Å². The van der Waals surface area contributed by atoms with Gasteiger partial charge in [0.25, 0.3) is 5.69 Å². The van der Waals surface area contributed by atoms with E-state index in [1.54, 1.807) is 12.1 Å². The number of rotatable bonds is 8. The molecule has 3 rings (SSSR count). The Bertz CT molecular complexity index is 1230. The summed E-state index contributed by atoms with van der Waals surface area (Å²) >= 11 is 0. The van der Waals surface area contributed by atoms with Gasteiger partial charge in [-0.25, -0.2) is 27.9 Å². The van der Waals surface area contributed by atoms with Gasteiger partial charge in [-0.15, -0.1) is 0 Å². The van der Waals surface area contributed by atoms with E-state index in [-0.39, 0.29) is 25.4 Å². The van der Waals surface area contributed by atoms with Crippen LogP contribution < -0.4 is 10.0 Å². The molecule has 0 radical (unpaired) electrons. The number of carbonyl (C=O) groups excluding carboxylic acids is 1. The maximum Gasteiger partial charge on any atom is 0.412 e. The second-order valence-corrected chi connectivity index (χ2v) is 8.17. The van der Waals surface area contributed by atoms with Crippen molar-refractivity contribution in [3.63, 3.8) is 0 Å². The van der Waals surface area contributed by atoms with Crippen LogP contribution in [0.3, 0.4) is 0 Å². The largest absolute Gasteiger partial charge is 0.449 e. The lowest BCUT2D eigenvalue weighted by atomic mass is 10.2. The van der Waals surface area contributed by atoms with Crippen molar-refractivity contribution in [1.29, 1.82) is 0 Å². The number of nitrogens with zero attached hydrogens (tertiary/aromatic N) is 3. The van der Waals surface area contributed by atoms with E-state index >= 15 is 0 Å². The third-order valence-corrected chi connectivity index (χ3v) is 5.63. The van der Waals surface area contributed by atoms with Crippen LogP contribution in [0.25, 0.3) is 11.0 Å². The average molecular weight is 445 g/mol. The average Bonchev–Trinajstić information content (AvgIpc) is 2.73. The Morgan fingerprint density at radius 3 is 2.65 bits per heavy atom. The molecule has 0 fully saturated rings. The number of nitro benzene ring substituents is 1. The summed E-state index contributed by atoms with van der Waals surface area (Å²) in [4.78, 5) is 30.2. The molecule has 31 heavy (non-hydrogen) atoms. The smallest absolute Gasteiger partial charge is 0.412 e. The fourth-order valence-corrected chi connectivity index (χ4v) is 3.90. The van der Waals surface area contributed by atoms with Crippen LogP contribution in [0.4, 0.5) is 16.3 Å². The molecular weight excluding hydrogens is 426 g/mol. The van der Waals surface area contributed by atoms with E-state index in [0.717, 1.165) is 23.2 Å². The number of hydrogen-bond donors (Lipinski definition) is 2. The zero-order valence-electron chi connectivity index (χ0n) is 16.4. The highest BCUT2D eigenvalue weighted by atomic mass is 32.2. The number of nitro groups is 1. The summed E-state index contributed by atoms with van der Waals surface area (Å²) in [5, 5.41) is 14.3. The number of hydrogen-bond acceptors (Lipinski definition) is 8. The number of aromatic nitrogens is 2. The molecule has 12 heteroatoms. The Kier molecular flexibility index (Phi) is 6.72. The molecule has 1 aromatic carbocycles. The Morgan fingerprint density at radius 1 is 1.13 bits per heavy atom. The second-order valence-electron chi connectivity index (χ2n) is 6.43. The number of aryl methyl sites for hydroxylation is 1. The molecule has 2 heterocycles. The van der Waals surface area contributed by atoms with E-state index in [4.69, 9.17) is 4.74 Å². The number of pyridine rings is 2. The van der Waals surface area contributed by atoms with Crippen molar-refractivity contribution >= 4 is 38.7 Å². The Balaban J connectivity index is 1.48. The zero-order valence-corrected chi connectivity index (χ0v) is 17.3. The molecule has 0 aliphatic carbocycles. The van der Waals surface area contributed by atoms with E-state index in [2.05, 4.69) is 20.0 Å². The molecule has 3 aromatic rings. The SMILES string of the molecule is Cc1ccc2ccc(NC(=O)OCCCNS(=O)(=O)c3ccccc3[N+](=O)[O-])nc2n1. The van der Waals surface area contributed by atoms with Gasteiger partial charge in [0.05, 0.1) is 11.5 Å². The third kappa shape index (κ3) is 5.71. The lowest BCUT2D eigenvalue weighted by Crippen LogP contribution is -2.26. The minimum absolute atomic E-state index is 0.0704. The van der Waals surface area contributed by atoms with Crippen molar-refractivity contribution in [3.8, 4) is 0 Å². The van der Waals surface area contributed by atoms with Crippen LogP contribution in [0.15, 0.2) is 53.4 Å². The van der Waals surface area contributed by atoms with Gasteiger partial charge in [0.15, 0.2) is 10.5 Å². The molecule has 2 aromatic heterocycles. The quantitative estimate of drug-likeness (QED) is 0.305. The summed E-state index contributed by atoms with van der Waals surface area (Å²) in [5.74, 6) is 0.271. The van der Waals surface area contributed by atoms with Crippen molar-refractivity contribution in [1.82, 2.24) is 14.7 Å². The van der Waals surface area contributed by atoms with Gasteiger partial charge in [0, 0.05) is 23.7 Å². The number of ether oxygens (including phenoxy) is 1. The summed E-state index contributed by atoms with van der Waals surface area (Å²) in [6, 6.07) is 12.1. The lowest BCUT2D eigenvalue weighted by molar-refractivity contribution is -0.387. The topological polar surface area (TPSA) is 153 Å². The molecule has 11 nitrogen and oxygen atoms in total. The van der Waals surface area contributed by atoms with E-state index in [9.17, 15) is 23.3 Å². The van der Waals surface area contributed by atoms with Gasteiger partial charge in [-0.05, 0) is 43.7 Å². The van der Waals surface area contributed by atoms with Crippen LogP contribution in [0.5, 0.6) is 0 Å². The van der Waals surface area contributed by atoms with Gasteiger partial charge < -0.3 is 4.74 Å². The number of anilines is 1. The number of nitrogens with one attached hydrogen (secondary N) is 2. The van der Waals surface area contributed by atoms with Gasteiger partial charge >= 0.3 is 6.09 Å². The van der Waals surface area contributed by atoms with Crippen LogP contribution in [-0.4, -0.2) is 42.6 Å². The molecule has 0 spiro atoms. The zero-order chi connectivity index (χ0) is 22.4. The normalized spacial score (nSPS) is 11.3. The first kappa shape index (κ1) is 22.1. The monoisotopic (exact) mass is 445 g/mol. The Hall–Kier alpha value is -3.64. The lowest BCUT2D eigenvalue weighted by Gasteiger charge is -2.09. The van der Waals surface area contributed by atoms with Crippen LogP contribution in [0, 0.1) is 17.0 Å². The first-order valence-corrected chi connectivity index (χ1v) is 10.7. The summed E-state index contributed by atoms with van der Waals surface area (Å²) in [6.45, 7) is 1.69. The summed E-state index contributed by atoms with van der Waals surface area (Å²) in [5.41, 5.74) is 0.767. The highest BCUT2D eigenvalue weighted by Crippen LogP contribution is 2.22. The number of benzene rings is 1. The van der Waals surface area contributed by atoms with E-state index in [1.807, 2.05) is 19.1 Å². The molecule has 2 N–H and O–H groups in total. The minimum atomic E-state index is -4.07. The summed E-state index contributed by atoms with van der Waals surface area (Å²) < 4.78 is 31.8. The molecule has 0 unspecified atom stereocenters. The first-order chi connectivity index (χ1) is 14.8. The number of sulfonamides is 1. The van der Waals surface area contributed by atoms with Crippen molar-refractivity contribution in [2.45, 2.75) is 18.2 Å². The summed E-state index contributed by atoms with van der Waals surface area (Å²) in [6.07, 6.45) is -0.583. The molecule has 0 saturated heterocycles. The number of para-hydroxylation sites is 1. The van der Waals surface area contributed by atoms with Crippen molar-refractivity contribution in [2.75, 3.05) is 18.5 Å². The molecule has 0 atom stereocenters. The highest BCUT2D eigenvalue weighted by Gasteiger charge is 2.24. The standard InChI is InChI=1S/C19H19N5O6S/c1-13-7-8-14-9-10-17(22-18(14)21-13)23-19(25)30-12-4-11-20-31(28,29)16-6-3-2-5-15(16)24(26)27/h2-3,5-10,20H,4,11-12H2,1H3,(H,21,22,23,25). The van der Waals surface area contributed by atoms with Gasteiger partial charge in [0.2, 0.25) is 10.0 Å². The summed E-state index contributed by atoms with van der Waals surface area (Å²) in [7, 11) is -4.07. The Morgan fingerprint density at radius 2 is 1.87 bits per heavy atom. The van der Waals surface area contributed by atoms with Crippen molar-refractivity contribution in [3.05, 3.63) is 64.3 Å². The van der Waals surface area contributed by atoms with Gasteiger partial charge in [-0.3, -0.25) is 15.4 Å². The molecule has 1 amide bonds. The fourth-order valence-electron chi connectivity index (χ4n) is 2.66. The first-order valence-electron chi connectivity index (χ1n) is 9.17. The molecule has 0 saturated carbocycles. The molecule has 0 bridgehead atoms. The Labute approximate surface area is 177 Å². The maximum absolute atomic E-state index is 12.3. The number of fused-ring (bicyclic) bond motifs is 1. The fraction of sp³-hybridized carbons (Fsp3) is 0.211. The predicted octanol–water partition coefficient (Wildman–Crippen LogP) is 2.76. The number of amides is 1. The van der Waals surface area contributed by atoms with Crippen LogP contribution >= 0.6 is 0 Å². The van der Waals surface area contributed by atoms with Crippen LogP contribution in [-0.2, 0) is 14.8 Å². The van der Waals surface area contributed by atoms with Crippen LogP contribution in [0.2, 0.25) is 0 Å². The van der Waals surface area contributed by atoms with Crippen molar-refractivity contribution < 1.29 is 22.9 Å². The second kappa shape index (κ2) is 9.45. The third-order valence-electron chi connectivity index (χ3n) is 4.12.